The van der Waals surface area contributed by atoms with Crippen LogP contribution in [-0.2, 0) is 6.54 Å². The van der Waals surface area contributed by atoms with Crippen LogP contribution in [0.25, 0.3) is 0 Å². The van der Waals surface area contributed by atoms with E-state index in [-0.39, 0.29) is 0 Å². The van der Waals surface area contributed by atoms with E-state index in [1.807, 2.05) is 36.9 Å². The molecule has 0 aliphatic carbocycles. The van der Waals surface area contributed by atoms with Crippen LogP contribution in [0.5, 0.6) is 0 Å². The Bertz CT molecular complexity index is 481. The second kappa shape index (κ2) is 8.19. The van der Waals surface area contributed by atoms with Crippen molar-refractivity contribution in [3.63, 3.8) is 0 Å². The molecule has 2 rings (SSSR count). The molecule has 5 heteroatoms. The van der Waals surface area contributed by atoms with Gasteiger partial charge >= 0.3 is 0 Å². The molecule has 2 heterocycles. The number of imidazole rings is 1. The highest BCUT2D eigenvalue weighted by atomic mass is 15.1. The molecule has 0 aliphatic rings. The number of anilines is 2. The molecule has 0 saturated carbocycles. The quantitative estimate of drug-likeness (QED) is 0.690. The lowest BCUT2D eigenvalue weighted by molar-refractivity contribution is 0.620. The predicted octanol–water partition coefficient (Wildman–Crippen LogP) is 2.99. The van der Waals surface area contributed by atoms with Gasteiger partial charge < -0.3 is 15.2 Å². The molecule has 0 atom stereocenters. The summed E-state index contributed by atoms with van der Waals surface area (Å²) in [5.74, 6) is 1.88. The Morgan fingerprint density at radius 2 is 1.90 bits per heavy atom. The lowest BCUT2D eigenvalue weighted by Gasteiger charge is -2.08. The van der Waals surface area contributed by atoms with Crippen LogP contribution in [-0.4, -0.2) is 27.6 Å². The topological polar surface area (TPSA) is 54.8 Å². The predicted molar refractivity (Wildman–Crippen MR) is 83.0 cm³/mol. The molecule has 0 bridgehead atoms. The Hall–Kier alpha value is -2.04. The Morgan fingerprint density at radius 3 is 2.60 bits per heavy atom. The van der Waals surface area contributed by atoms with Crippen molar-refractivity contribution in [2.24, 2.45) is 0 Å². The Morgan fingerprint density at radius 1 is 1.10 bits per heavy atom. The monoisotopic (exact) mass is 273 g/mol. The van der Waals surface area contributed by atoms with Crippen molar-refractivity contribution >= 4 is 11.6 Å². The van der Waals surface area contributed by atoms with Crippen LogP contribution in [0.15, 0.2) is 36.9 Å². The average molecular weight is 273 g/mol. The molecule has 0 aliphatic heterocycles. The first kappa shape index (κ1) is 14.4. The van der Waals surface area contributed by atoms with E-state index in [4.69, 9.17) is 0 Å². The lowest BCUT2D eigenvalue weighted by atomic mass is 10.3. The summed E-state index contributed by atoms with van der Waals surface area (Å²) in [4.78, 5) is 8.55. The van der Waals surface area contributed by atoms with Crippen molar-refractivity contribution < 1.29 is 0 Å². The van der Waals surface area contributed by atoms with Crippen molar-refractivity contribution in [3.8, 4) is 0 Å². The van der Waals surface area contributed by atoms with Gasteiger partial charge in [0.1, 0.15) is 11.6 Å². The van der Waals surface area contributed by atoms with Crippen molar-refractivity contribution in [2.45, 2.75) is 32.7 Å². The highest BCUT2D eigenvalue weighted by Gasteiger charge is 1.97. The van der Waals surface area contributed by atoms with Gasteiger partial charge in [0.15, 0.2) is 0 Å². The number of nitrogens with one attached hydrogen (secondary N) is 2. The molecule has 5 nitrogen and oxygen atoms in total. The summed E-state index contributed by atoms with van der Waals surface area (Å²) in [6, 6.07) is 6.03. The fraction of sp³-hybridized carbons (Fsp3) is 0.467. The molecule has 20 heavy (non-hydrogen) atoms. The van der Waals surface area contributed by atoms with Crippen LogP contribution in [0.3, 0.4) is 0 Å². The normalized spacial score (nSPS) is 10.4. The minimum absolute atomic E-state index is 0.939. The Labute approximate surface area is 120 Å². The van der Waals surface area contributed by atoms with E-state index >= 15 is 0 Å². The molecule has 0 radical (unpaired) electrons. The Balaban J connectivity index is 1.65. The number of aromatic nitrogens is 3. The van der Waals surface area contributed by atoms with Gasteiger partial charge in [-0.1, -0.05) is 13.0 Å². The standard InChI is InChI=1S/C15H23N5/c1-2-8-17-14-6-5-7-15(19-14)18-9-3-4-11-20-12-10-16-13-20/h5-7,10,12-13H,2-4,8-9,11H2,1H3,(H2,17,18,19). The second-order valence-corrected chi connectivity index (χ2v) is 4.77. The van der Waals surface area contributed by atoms with Gasteiger partial charge in [0.05, 0.1) is 6.33 Å². The Kier molecular flexibility index (Phi) is 5.89. The van der Waals surface area contributed by atoms with E-state index in [0.717, 1.165) is 50.5 Å². The molecule has 2 N–H and O–H groups in total. The minimum atomic E-state index is 0.939. The third-order valence-electron chi connectivity index (χ3n) is 3.01. The molecule has 2 aromatic heterocycles. The van der Waals surface area contributed by atoms with E-state index in [1.165, 1.54) is 0 Å². The minimum Gasteiger partial charge on any atom is -0.370 e. The molecule has 0 aromatic carbocycles. The van der Waals surface area contributed by atoms with Crippen LogP contribution in [0.2, 0.25) is 0 Å². The summed E-state index contributed by atoms with van der Waals surface area (Å²) in [6.45, 7) is 5.07. The van der Waals surface area contributed by atoms with Gasteiger partial charge in [0.2, 0.25) is 0 Å². The van der Waals surface area contributed by atoms with Crippen LogP contribution in [0.4, 0.5) is 11.6 Å². The van der Waals surface area contributed by atoms with Gasteiger partial charge in [0, 0.05) is 32.0 Å². The van der Waals surface area contributed by atoms with Gasteiger partial charge in [-0.2, -0.15) is 0 Å². The number of unbranched alkanes of at least 4 members (excludes halogenated alkanes) is 1. The summed E-state index contributed by atoms with van der Waals surface area (Å²) >= 11 is 0. The van der Waals surface area contributed by atoms with Gasteiger partial charge in [-0.05, 0) is 31.4 Å². The molecule has 108 valence electrons. The van der Waals surface area contributed by atoms with E-state index < -0.39 is 0 Å². The molecule has 2 aromatic rings. The van der Waals surface area contributed by atoms with Gasteiger partial charge in [-0.3, -0.25) is 0 Å². The maximum absolute atomic E-state index is 4.52. The highest BCUT2D eigenvalue weighted by molar-refractivity contribution is 5.44. The number of hydrogen-bond donors (Lipinski definition) is 2. The molecular formula is C15H23N5. The highest BCUT2D eigenvalue weighted by Crippen LogP contribution is 2.09. The van der Waals surface area contributed by atoms with Gasteiger partial charge in [-0.15, -0.1) is 0 Å². The third-order valence-corrected chi connectivity index (χ3v) is 3.01. The lowest BCUT2D eigenvalue weighted by Crippen LogP contribution is -2.07. The van der Waals surface area contributed by atoms with E-state index in [2.05, 4.69) is 32.1 Å². The molecule has 0 amide bonds. The molecule has 0 unspecified atom stereocenters. The van der Waals surface area contributed by atoms with Crippen LogP contribution >= 0.6 is 0 Å². The van der Waals surface area contributed by atoms with Crippen molar-refractivity contribution in [1.29, 1.82) is 0 Å². The van der Waals surface area contributed by atoms with E-state index in [0.29, 0.717) is 0 Å². The van der Waals surface area contributed by atoms with Crippen LogP contribution < -0.4 is 10.6 Å². The number of hydrogen-bond acceptors (Lipinski definition) is 4. The maximum Gasteiger partial charge on any atom is 0.128 e. The molecule has 0 spiro atoms. The van der Waals surface area contributed by atoms with E-state index in [1.54, 1.807) is 0 Å². The smallest absolute Gasteiger partial charge is 0.128 e. The fourth-order valence-electron chi connectivity index (χ4n) is 1.94. The summed E-state index contributed by atoms with van der Waals surface area (Å²) in [5.41, 5.74) is 0. The van der Waals surface area contributed by atoms with Crippen molar-refractivity contribution in [3.05, 3.63) is 36.9 Å². The average Bonchev–Trinajstić information content (AvgIpc) is 2.98. The number of nitrogens with zero attached hydrogens (tertiary/aromatic N) is 3. The van der Waals surface area contributed by atoms with Gasteiger partial charge in [0.25, 0.3) is 0 Å². The maximum atomic E-state index is 4.52. The third kappa shape index (κ3) is 4.91. The summed E-state index contributed by atoms with van der Waals surface area (Å²) in [5, 5.41) is 6.66. The second-order valence-electron chi connectivity index (χ2n) is 4.77. The summed E-state index contributed by atoms with van der Waals surface area (Å²) < 4.78 is 2.10. The zero-order valence-corrected chi connectivity index (χ0v) is 12.0. The molecular weight excluding hydrogens is 250 g/mol. The summed E-state index contributed by atoms with van der Waals surface area (Å²) in [7, 11) is 0. The van der Waals surface area contributed by atoms with E-state index in [9.17, 15) is 0 Å². The zero-order chi connectivity index (χ0) is 14.0. The largest absolute Gasteiger partial charge is 0.370 e. The first-order valence-corrected chi connectivity index (χ1v) is 7.29. The SMILES string of the molecule is CCCNc1cccc(NCCCCn2ccnc2)n1. The number of aryl methyl sites for hydroxylation is 1. The van der Waals surface area contributed by atoms with Crippen LogP contribution in [0, 0.1) is 0 Å². The summed E-state index contributed by atoms with van der Waals surface area (Å²) in [6.07, 6.45) is 9.03. The van der Waals surface area contributed by atoms with Crippen molar-refractivity contribution in [1.82, 2.24) is 14.5 Å². The fourth-order valence-corrected chi connectivity index (χ4v) is 1.94. The van der Waals surface area contributed by atoms with Crippen molar-refractivity contribution in [2.75, 3.05) is 23.7 Å². The van der Waals surface area contributed by atoms with Gasteiger partial charge in [-0.25, -0.2) is 9.97 Å². The van der Waals surface area contributed by atoms with Crippen LogP contribution in [0.1, 0.15) is 26.2 Å². The molecule has 0 saturated heterocycles. The first-order valence-electron chi connectivity index (χ1n) is 7.29. The first-order chi connectivity index (χ1) is 9.88. The zero-order valence-electron chi connectivity index (χ0n) is 12.0. The number of rotatable bonds is 9. The number of pyridine rings is 1. The molecule has 0 fully saturated rings.